The minimum Gasteiger partial charge on any atom is -0.545 e. The number of pyridine rings is 1. The molecule has 0 spiro atoms. The molecular weight excluding hydrogens is 601 g/mol. The second-order valence-electron chi connectivity index (χ2n) is 9.31. The number of aromatic carboxylic acids is 1. The van der Waals surface area contributed by atoms with Crippen molar-refractivity contribution in [1.29, 1.82) is 0 Å². The minimum absolute atomic E-state index is 0.0442. The molecule has 2 aromatic heterocycles. The zero-order chi connectivity index (χ0) is 30.0. The first kappa shape index (κ1) is 29.2. The van der Waals surface area contributed by atoms with E-state index in [-0.39, 0.29) is 22.9 Å². The maximum Gasteiger partial charge on any atom is 0.471 e. The second-order valence-corrected chi connectivity index (χ2v) is 11.3. The largest absolute Gasteiger partial charge is 0.545 e. The Morgan fingerprint density at radius 2 is 2.02 bits per heavy atom. The average molecular weight is 623 g/mol. The summed E-state index contributed by atoms with van der Waals surface area (Å²) in [6, 6.07) is 1.92. The molecule has 3 aliphatic rings. The Morgan fingerprint density at radius 1 is 1.26 bits per heavy atom. The van der Waals surface area contributed by atoms with Crippen LogP contribution in [-0.2, 0) is 25.8 Å². The smallest absolute Gasteiger partial charge is 0.471 e. The van der Waals surface area contributed by atoms with Gasteiger partial charge in [-0.15, -0.1) is 23.1 Å². The maximum absolute atomic E-state index is 13.3. The number of thiazole rings is 1. The molecule has 17 heteroatoms. The maximum atomic E-state index is 13.3. The van der Waals surface area contributed by atoms with E-state index in [1.807, 2.05) is 6.08 Å². The number of oxime groups is 1. The Bertz CT molecular complexity index is 1510. The Kier molecular flexibility index (Phi) is 8.31. The lowest BCUT2D eigenvalue weighted by Crippen LogP contribution is -2.69. The summed E-state index contributed by atoms with van der Waals surface area (Å²) in [5.41, 5.74) is 0.430. The molecule has 0 radical (unpaired) electrons. The molecule has 1 fully saturated rings. The number of carbonyl (C=O) groups excluding carboxylic acids is 4. The van der Waals surface area contributed by atoms with E-state index in [9.17, 15) is 37.5 Å². The van der Waals surface area contributed by atoms with Gasteiger partial charge in [0.1, 0.15) is 23.2 Å². The van der Waals surface area contributed by atoms with Crippen molar-refractivity contribution in [1.82, 2.24) is 15.2 Å². The highest BCUT2D eigenvalue weighted by molar-refractivity contribution is 8.00. The fourth-order valence-corrected chi connectivity index (χ4v) is 6.16. The van der Waals surface area contributed by atoms with Crippen LogP contribution in [0.3, 0.4) is 0 Å². The predicted octanol–water partition coefficient (Wildman–Crippen LogP) is 0.718. The standard InChI is InChI=1S/C25H21F3N6O6S2/c26-25(27,28)23(39)31-24-29-16(12-42-24)17(32-40-15-3-1-2-4-15)19(35)30-18-20(36)34-10-13(11-41-21(18)34)9-33-7-5-14(6-8-33)22(37)38/h1,3,5-8,10,12,15,18,21H,2,4,9,11H2,(H2-,29,30,31,35,37,38,39)/b32-17-/t15?,18?,21-/m1/s1. The van der Waals surface area contributed by atoms with Crippen LogP contribution in [0.25, 0.3) is 0 Å². The Morgan fingerprint density at radius 3 is 2.69 bits per heavy atom. The molecule has 0 bridgehead atoms. The van der Waals surface area contributed by atoms with Crippen LogP contribution in [0.2, 0.25) is 0 Å². The van der Waals surface area contributed by atoms with Crippen LogP contribution in [-0.4, -0.2) is 68.7 Å². The molecule has 2 aliphatic heterocycles. The first-order valence-corrected chi connectivity index (χ1v) is 14.3. The number of carbonyl (C=O) groups is 4. The molecule has 3 amide bonds. The summed E-state index contributed by atoms with van der Waals surface area (Å²) >= 11 is 2.08. The van der Waals surface area contributed by atoms with Gasteiger partial charge in [0, 0.05) is 40.6 Å². The van der Waals surface area contributed by atoms with Crippen LogP contribution >= 0.6 is 23.1 Å². The lowest BCUT2D eigenvalue weighted by Gasteiger charge is -2.47. The number of fused-ring (bicyclic) bond motifs is 1. The van der Waals surface area contributed by atoms with Gasteiger partial charge in [0.25, 0.3) is 11.8 Å². The number of alkyl halides is 3. The number of halogens is 3. The highest BCUT2D eigenvalue weighted by atomic mass is 32.2. The molecular formula is C25H21F3N6O6S2. The van der Waals surface area contributed by atoms with Gasteiger partial charge in [-0.3, -0.25) is 19.7 Å². The van der Waals surface area contributed by atoms with Crippen LogP contribution in [0.4, 0.5) is 18.3 Å². The molecule has 220 valence electrons. The molecule has 3 atom stereocenters. The van der Waals surface area contributed by atoms with Crippen molar-refractivity contribution in [3.8, 4) is 0 Å². The van der Waals surface area contributed by atoms with E-state index >= 15 is 0 Å². The first-order chi connectivity index (χ1) is 20.0. The number of hydrogen-bond donors (Lipinski definition) is 2. The molecule has 2 aromatic rings. The van der Waals surface area contributed by atoms with Gasteiger partial charge in [0.05, 0.1) is 5.97 Å². The summed E-state index contributed by atoms with van der Waals surface area (Å²) < 4.78 is 39.7. The highest BCUT2D eigenvalue weighted by Gasteiger charge is 2.50. The summed E-state index contributed by atoms with van der Waals surface area (Å²) in [7, 11) is 0. The van der Waals surface area contributed by atoms with Gasteiger partial charge < -0.3 is 25.0 Å². The van der Waals surface area contributed by atoms with Crippen molar-refractivity contribution in [2.75, 3.05) is 11.1 Å². The number of β-lactam (4-membered cyclic amide) rings is 1. The van der Waals surface area contributed by atoms with Crippen molar-refractivity contribution >= 4 is 57.6 Å². The van der Waals surface area contributed by atoms with Crippen molar-refractivity contribution in [2.24, 2.45) is 5.16 Å². The predicted molar refractivity (Wildman–Crippen MR) is 141 cm³/mol. The van der Waals surface area contributed by atoms with E-state index in [4.69, 9.17) is 4.84 Å². The summed E-state index contributed by atoms with van der Waals surface area (Å²) in [6.45, 7) is 0.411. The number of amides is 3. The molecule has 12 nitrogen and oxygen atoms in total. The number of aromatic nitrogens is 2. The normalized spacial score (nSPS) is 21.7. The second kappa shape index (κ2) is 11.9. The third-order valence-electron chi connectivity index (χ3n) is 6.33. The van der Waals surface area contributed by atoms with E-state index < -0.39 is 46.6 Å². The Hall–Kier alpha value is -4.25. The third-order valence-corrected chi connectivity index (χ3v) is 8.46. The van der Waals surface area contributed by atoms with Gasteiger partial charge in [-0.05, 0) is 18.9 Å². The van der Waals surface area contributed by atoms with E-state index in [0.717, 1.165) is 12.0 Å². The lowest BCUT2D eigenvalue weighted by atomic mass is 10.1. The topological polar surface area (TPSA) is 157 Å². The lowest BCUT2D eigenvalue weighted by molar-refractivity contribution is -0.689. The molecule has 1 aliphatic carbocycles. The van der Waals surface area contributed by atoms with Crippen LogP contribution < -0.4 is 20.3 Å². The van der Waals surface area contributed by atoms with E-state index in [1.165, 1.54) is 34.2 Å². The quantitative estimate of drug-likeness (QED) is 0.136. The van der Waals surface area contributed by atoms with Crippen LogP contribution in [0.5, 0.6) is 0 Å². The number of anilines is 1. The summed E-state index contributed by atoms with van der Waals surface area (Å²) in [5.74, 6) is -4.18. The molecule has 4 heterocycles. The van der Waals surface area contributed by atoms with Gasteiger partial charge in [0.2, 0.25) is 0 Å². The molecule has 0 saturated carbocycles. The Balaban J connectivity index is 1.26. The SMILES string of the molecule is O=C(NC1C(=O)N2C=C(C[n+]3ccc(C(=O)[O-])cc3)CS[C@H]12)/C(=N\OC1C=CCC1)c1csc(NC(=O)C(F)(F)F)n1. The number of carboxylic acids is 1. The number of carboxylic acid groups (broad SMARTS) is 1. The van der Waals surface area contributed by atoms with Gasteiger partial charge in [-0.25, -0.2) is 9.55 Å². The first-order valence-electron chi connectivity index (χ1n) is 12.4. The van der Waals surface area contributed by atoms with E-state index in [0.29, 0.717) is 30.1 Å². The number of nitrogens with one attached hydrogen (secondary N) is 2. The average Bonchev–Trinajstić information content (AvgIpc) is 3.64. The molecule has 5 rings (SSSR count). The number of thioether (sulfide) groups is 1. The third kappa shape index (κ3) is 6.46. The van der Waals surface area contributed by atoms with E-state index in [2.05, 4.69) is 15.5 Å². The van der Waals surface area contributed by atoms with E-state index in [1.54, 1.807) is 34.6 Å². The van der Waals surface area contributed by atoms with Gasteiger partial charge in [-0.1, -0.05) is 11.2 Å². The van der Waals surface area contributed by atoms with Crippen molar-refractivity contribution in [3.05, 3.63) is 65.1 Å². The minimum atomic E-state index is -5.12. The van der Waals surface area contributed by atoms with Crippen molar-refractivity contribution in [2.45, 2.75) is 43.1 Å². The zero-order valence-electron chi connectivity index (χ0n) is 21.4. The summed E-state index contributed by atoms with van der Waals surface area (Å²) in [6.07, 6.45) is 4.32. The van der Waals surface area contributed by atoms with Gasteiger partial charge in [0.15, 0.2) is 29.8 Å². The number of hydrogen-bond acceptors (Lipinski definition) is 10. The molecule has 0 aromatic carbocycles. The number of nitrogens with zero attached hydrogens (tertiary/aromatic N) is 4. The van der Waals surface area contributed by atoms with Gasteiger partial charge in [-0.2, -0.15) is 13.2 Å². The molecule has 2 unspecified atom stereocenters. The number of rotatable bonds is 9. The molecule has 2 N–H and O–H groups in total. The van der Waals surface area contributed by atoms with Crippen molar-refractivity contribution < 1.29 is 46.9 Å². The molecule has 42 heavy (non-hydrogen) atoms. The monoisotopic (exact) mass is 622 g/mol. The summed E-state index contributed by atoms with van der Waals surface area (Å²) in [4.78, 5) is 59.2. The van der Waals surface area contributed by atoms with Crippen LogP contribution in [0, 0.1) is 0 Å². The molecule has 1 saturated heterocycles. The summed E-state index contributed by atoms with van der Waals surface area (Å²) in [5, 5.41) is 19.5. The highest BCUT2D eigenvalue weighted by Crippen LogP contribution is 2.36. The fraction of sp³-hybridized carbons (Fsp3) is 0.320. The van der Waals surface area contributed by atoms with Crippen molar-refractivity contribution in [3.63, 3.8) is 0 Å². The van der Waals surface area contributed by atoms with Gasteiger partial charge >= 0.3 is 12.1 Å². The zero-order valence-corrected chi connectivity index (χ0v) is 23.0. The Labute approximate surface area is 243 Å². The fourth-order valence-electron chi connectivity index (χ4n) is 4.21. The number of allylic oxidation sites excluding steroid dienone is 1. The van der Waals surface area contributed by atoms with Crippen LogP contribution in [0.15, 0.2) is 59.0 Å². The van der Waals surface area contributed by atoms with Crippen LogP contribution in [0.1, 0.15) is 28.9 Å².